The number of pyridine rings is 1. The summed E-state index contributed by atoms with van der Waals surface area (Å²) in [5.74, 6) is -1.49. The Kier molecular flexibility index (Phi) is 5.69. The summed E-state index contributed by atoms with van der Waals surface area (Å²) >= 11 is 0. The first-order chi connectivity index (χ1) is 13.7. The van der Waals surface area contributed by atoms with Gasteiger partial charge in [0.25, 0.3) is 5.91 Å². The van der Waals surface area contributed by atoms with E-state index in [0.717, 1.165) is 22.3 Å². The fourth-order valence-electron chi connectivity index (χ4n) is 3.51. The molecule has 1 amide bonds. The van der Waals surface area contributed by atoms with E-state index in [1.165, 1.54) is 0 Å². The van der Waals surface area contributed by atoms with E-state index in [0.29, 0.717) is 17.9 Å². The molecule has 5 heteroatoms. The van der Waals surface area contributed by atoms with E-state index in [4.69, 9.17) is 0 Å². The number of aryl methyl sites for hydroxylation is 3. The summed E-state index contributed by atoms with van der Waals surface area (Å²) in [7, 11) is 0. The standard InChI is InChI=1S/C24H25FN2O2/c1-14-9-11-19(12-10-14)13-27-17(4)20(23(28)21(25)18(27)5)24(29)26-22-15(2)7-6-8-16(22)3/h6-12H,13H2,1-5H3,(H,26,29). The van der Waals surface area contributed by atoms with Crippen LogP contribution in [0.1, 0.15) is 44.0 Å². The van der Waals surface area contributed by atoms with Gasteiger partial charge in [0, 0.05) is 17.9 Å². The van der Waals surface area contributed by atoms with Gasteiger partial charge in [-0.05, 0) is 51.3 Å². The van der Waals surface area contributed by atoms with Crippen LogP contribution in [-0.2, 0) is 6.54 Å². The molecular formula is C24H25FN2O2. The number of nitrogens with one attached hydrogen (secondary N) is 1. The van der Waals surface area contributed by atoms with Crippen molar-refractivity contribution in [2.45, 2.75) is 41.2 Å². The minimum absolute atomic E-state index is 0.164. The van der Waals surface area contributed by atoms with Crippen LogP contribution in [0.4, 0.5) is 10.1 Å². The van der Waals surface area contributed by atoms with Crippen molar-refractivity contribution in [1.82, 2.24) is 4.57 Å². The lowest BCUT2D eigenvalue weighted by Crippen LogP contribution is -2.30. The van der Waals surface area contributed by atoms with Gasteiger partial charge in [0.05, 0.1) is 5.69 Å². The van der Waals surface area contributed by atoms with Gasteiger partial charge in [-0.3, -0.25) is 9.59 Å². The summed E-state index contributed by atoms with van der Waals surface area (Å²) in [6, 6.07) is 13.5. The summed E-state index contributed by atoms with van der Waals surface area (Å²) in [5, 5.41) is 2.80. The van der Waals surface area contributed by atoms with E-state index in [-0.39, 0.29) is 11.3 Å². The molecule has 3 rings (SSSR count). The summed E-state index contributed by atoms with van der Waals surface area (Å²) in [6.07, 6.45) is 0. The molecule has 0 aliphatic rings. The van der Waals surface area contributed by atoms with Gasteiger partial charge >= 0.3 is 0 Å². The number of aromatic nitrogens is 1. The van der Waals surface area contributed by atoms with E-state index >= 15 is 0 Å². The number of carbonyl (C=O) groups excluding carboxylic acids is 1. The normalized spacial score (nSPS) is 10.8. The molecule has 4 nitrogen and oxygen atoms in total. The maximum Gasteiger partial charge on any atom is 0.261 e. The van der Waals surface area contributed by atoms with E-state index in [2.05, 4.69) is 5.32 Å². The number of anilines is 1. The SMILES string of the molecule is Cc1ccc(Cn2c(C)c(F)c(=O)c(C(=O)Nc3c(C)cccc3C)c2C)cc1. The molecule has 0 atom stereocenters. The molecule has 0 radical (unpaired) electrons. The van der Waals surface area contributed by atoms with Crippen molar-refractivity contribution in [2.75, 3.05) is 5.32 Å². The number of nitrogens with zero attached hydrogens (tertiary/aromatic N) is 1. The fourth-order valence-corrected chi connectivity index (χ4v) is 3.51. The highest BCUT2D eigenvalue weighted by molar-refractivity contribution is 6.05. The first-order valence-electron chi connectivity index (χ1n) is 9.53. The third-order valence-electron chi connectivity index (χ3n) is 5.32. The number of halogens is 1. The minimum Gasteiger partial charge on any atom is -0.341 e. The lowest BCUT2D eigenvalue weighted by molar-refractivity contribution is 0.102. The van der Waals surface area contributed by atoms with Crippen LogP contribution in [0, 0.1) is 40.4 Å². The van der Waals surface area contributed by atoms with E-state index in [1.54, 1.807) is 18.4 Å². The van der Waals surface area contributed by atoms with Gasteiger partial charge in [0.2, 0.25) is 5.43 Å². The van der Waals surface area contributed by atoms with Crippen LogP contribution in [0.15, 0.2) is 47.3 Å². The summed E-state index contributed by atoms with van der Waals surface area (Å²) in [5.41, 5.74) is 4.11. The highest BCUT2D eigenvalue weighted by atomic mass is 19.1. The molecule has 0 saturated heterocycles. The van der Waals surface area contributed by atoms with Gasteiger partial charge in [0.1, 0.15) is 5.56 Å². The minimum atomic E-state index is -0.894. The Labute approximate surface area is 170 Å². The zero-order valence-corrected chi connectivity index (χ0v) is 17.4. The van der Waals surface area contributed by atoms with Gasteiger partial charge in [0.15, 0.2) is 5.82 Å². The Hall–Kier alpha value is -3.21. The molecule has 0 saturated carbocycles. The van der Waals surface area contributed by atoms with Crippen LogP contribution in [-0.4, -0.2) is 10.5 Å². The molecule has 0 fully saturated rings. The first kappa shape index (κ1) is 20.5. The van der Waals surface area contributed by atoms with E-state index in [9.17, 15) is 14.0 Å². The maximum atomic E-state index is 14.7. The van der Waals surface area contributed by atoms with Gasteiger partial charge < -0.3 is 9.88 Å². The summed E-state index contributed by atoms with van der Waals surface area (Å²) in [4.78, 5) is 25.6. The topological polar surface area (TPSA) is 51.1 Å². The van der Waals surface area contributed by atoms with Crippen LogP contribution in [0.2, 0.25) is 0 Å². The number of amides is 1. The zero-order valence-electron chi connectivity index (χ0n) is 17.4. The monoisotopic (exact) mass is 392 g/mol. The predicted molar refractivity (Wildman–Crippen MR) is 114 cm³/mol. The van der Waals surface area contributed by atoms with Crippen molar-refractivity contribution in [3.63, 3.8) is 0 Å². The van der Waals surface area contributed by atoms with Gasteiger partial charge in [-0.1, -0.05) is 48.0 Å². The molecule has 0 unspecified atom stereocenters. The number of rotatable bonds is 4. The molecule has 2 aromatic carbocycles. The quantitative estimate of drug-likeness (QED) is 0.691. The fraction of sp³-hybridized carbons (Fsp3) is 0.250. The van der Waals surface area contributed by atoms with Crippen molar-refractivity contribution in [3.8, 4) is 0 Å². The molecule has 29 heavy (non-hydrogen) atoms. The summed E-state index contributed by atoms with van der Waals surface area (Å²) in [6.45, 7) is 9.36. The molecule has 150 valence electrons. The van der Waals surface area contributed by atoms with E-state index < -0.39 is 17.2 Å². The molecule has 0 aliphatic heterocycles. The second-order valence-electron chi connectivity index (χ2n) is 7.48. The van der Waals surface area contributed by atoms with E-state index in [1.807, 2.05) is 63.2 Å². The van der Waals surface area contributed by atoms with Crippen molar-refractivity contribution in [3.05, 3.63) is 97.7 Å². The molecule has 3 aromatic rings. The first-order valence-corrected chi connectivity index (χ1v) is 9.53. The Morgan fingerprint density at radius 2 is 1.52 bits per heavy atom. The summed E-state index contributed by atoms with van der Waals surface area (Å²) < 4.78 is 16.4. The molecule has 1 heterocycles. The maximum absolute atomic E-state index is 14.7. The largest absolute Gasteiger partial charge is 0.341 e. The number of carbonyl (C=O) groups is 1. The zero-order chi connectivity index (χ0) is 21.3. The lowest BCUT2D eigenvalue weighted by atomic mass is 10.1. The highest BCUT2D eigenvalue weighted by Crippen LogP contribution is 2.21. The molecule has 0 aliphatic carbocycles. The third-order valence-corrected chi connectivity index (χ3v) is 5.32. The van der Waals surface area contributed by atoms with Crippen molar-refractivity contribution in [1.29, 1.82) is 0 Å². The van der Waals surface area contributed by atoms with Gasteiger partial charge in [-0.25, -0.2) is 4.39 Å². The van der Waals surface area contributed by atoms with Crippen molar-refractivity contribution >= 4 is 11.6 Å². The Bertz CT molecular complexity index is 1120. The third kappa shape index (κ3) is 3.99. The highest BCUT2D eigenvalue weighted by Gasteiger charge is 2.23. The van der Waals surface area contributed by atoms with Crippen LogP contribution >= 0.6 is 0 Å². The number of hydrogen-bond donors (Lipinski definition) is 1. The Balaban J connectivity index is 2.07. The van der Waals surface area contributed by atoms with Crippen LogP contribution in [0.5, 0.6) is 0 Å². The predicted octanol–water partition coefficient (Wildman–Crippen LogP) is 4.83. The van der Waals surface area contributed by atoms with Crippen molar-refractivity contribution < 1.29 is 9.18 Å². The average Bonchev–Trinajstić information content (AvgIpc) is 2.68. The average molecular weight is 392 g/mol. The van der Waals surface area contributed by atoms with Crippen LogP contribution in [0.25, 0.3) is 0 Å². The molecular weight excluding hydrogens is 367 g/mol. The smallest absolute Gasteiger partial charge is 0.261 e. The molecule has 1 aromatic heterocycles. The Morgan fingerprint density at radius 3 is 2.10 bits per heavy atom. The molecule has 0 spiro atoms. The molecule has 1 N–H and O–H groups in total. The van der Waals surface area contributed by atoms with Gasteiger partial charge in [-0.15, -0.1) is 0 Å². The van der Waals surface area contributed by atoms with Crippen molar-refractivity contribution in [2.24, 2.45) is 0 Å². The number of para-hydroxylation sites is 1. The number of benzene rings is 2. The molecule has 0 bridgehead atoms. The van der Waals surface area contributed by atoms with Crippen LogP contribution < -0.4 is 10.7 Å². The van der Waals surface area contributed by atoms with Crippen LogP contribution in [0.3, 0.4) is 0 Å². The lowest BCUT2D eigenvalue weighted by Gasteiger charge is -2.19. The second-order valence-corrected chi connectivity index (χ2v) is 7.48. The Morgan fingerprint density at radius 1 is 0.931 bits per heavy atom. The second kappa shape index (κ2) is 8.03. The van der Waals surface area contributed by atoms with Gasteiger partial charge in [-0.2, -0.15) is 0 Å². The number of hydrogen-bond acceptors (Lipinski definition) is 2.